The molecule has 2 nitrogen and oxygen atoms in total. The molecule has 1 saturated carbocycles. The zero-order valence-electron chi connectivity index (χ0n) is 9.57. The minimum Gasteiger partial charge on any atom is -0.389 e. The quantitative estimate of drug-likeness (QED) is 0.856. The van der Waals surface area contributed by atoms with E-state index in [9.17, 15) is 13.2 Å². The summed E-state index contributed by atoms with van der Waals surface area (Å²) in [5, 5.41) is 0. The molecule has 2 rings (SSSR count). The van der Waals surface area contributed by atoms with Crippen molar-refractivity contribution in [3.63, 3.8) is 0 Å². The topological polar surface area (TPSA) is 29.3 Å². The van der Waals surface area contributed by atoms with Crippen LogP contribution in [0.4, 0.5) is 18.9 Å². The molecule has 0 unspecified atom stereocenters. The zero-order valence-corrected chi connectivity index (χ0v) is 10.4. The van der Waals surface area contributed by atoms with Gasteiger partial charge < -0.3 is 10.6 Å². The second kappa shape index (κ2) is 4.76. The highest BCUT2D eigenvalue weighted by molar-refractivity contribution is 7.80. The SMILES string of the molecule is NC(=S)c1ccc(N(CC(F)(F)F)C2CC2)cc1. The van der Waals surface area contributed by atoms with E-state index in [1.54, 1.807) is 24.3 Å². The van der Waals surface area contributed by atoms with E-state index in [0.717, 1.165) is 12.8 Å². The lowest BCUT2D eigenvalue weighted by Gasteiger charge is -2.26. The number of anilines is 1. The lowest BCUT2D eigenvalue weighted by atomic mass is 10.2. The van der Waals surface area contributed by atoms with Crippen LogP contribution < -0.4 is 10.6 Å². The molecule has 1 aromatic rings. The highest BCUT2D eigenvalue weighted by Crippen LogP contribution is 2.34. The molecule has 0 spiro atoms. The van der Waals surface area contributed by atoms with E-state index in [1.165, 1.54) is 4.90 Å². The highest BCUT2D eigenvalue weighted by Gasteiger charge is 2.38. The van der Waals surface area contributed by atoms with Crippen LogP contribution in [0.3, 0.4) is 0 Å². The summed E-state index contributed by atoms with van der Waals surface area (Å²) in [4.78, 5) is 1.64. The molecule has 0 atom stereocenters. The summed E-state index contributed by atoms with van der Waals surface area (Å²) in [5.74, 6) is 0. The predicted molar refractivity (Wildman–Crippen MR) is 68.8 cm³/mol. The van der Waals surface area contributed by atoms with Crippen LogP contribution in [-0.2, 0) is 0 Å². The van der Waals surface area contributed by atoms with Gasteiger partial charge >= 0.3 is 6.18 Å². The van der Waals surface area contributed by atoms with E-state index in [0.29, 0.717) is 11.3 Å². The van der Waals surface area contributed by atoms with Gasteiger partial charge in [0.15, 0.2) is 0 Å². The first-order valence-electron chi connectivity index (χ1n) is 5.60. The summed E-state index contributed by atoms with van der Waals surface area (Å²) in [7, 11) is 0. The molecule has 6 heteroatoms. The van der Waals surface area contributed by atoms with E-state index in [2.05, 4.69) is 0 Å². The maximum atomic E-state index is 12.5. The van der Waals surface area contributed by atoms with Crippen LogP contribution in [0.2, 0.25) is 0 Å². The van der Waals surface area contributed by atoms with Crippen LogP contribution in [0, 0.1) is 0 Å². The number of rotatable bonds is 4. The molecule has 0 heterocycles. The van der Waals surface area contributed by atoms with Crippen LogP contribution in [0.5, 0.6) is 0 Å². The number of benzene rings is 1. The number of alkyl halides is 3. The maximum absolute atomic E-state index is 12.5. The van der Waals surface area contributed by atoms with Gasteiger partial charge in [0.25, 0.3) is 0 Å². The Labute approximate surface area is 109 Å². The van der Waals surface area contributed by atoms with E-state index < -0.39 is 12.7 Å². The second-order valence-corrected chi connectivity index (χ2v) is 4.83. The van der Waals surface area contributed by atoms with Gasteiger partial charge in [0.1, 0.15) is 11.5 Å². The van der Waals surface area contributed by atoms with Gasteiger partial charge in [-0.25, -0.2) is 0 Å². The van der Waals surface area contributed by atoms with Gasteiger partial charge in [0.05, 0.1) is 0 Å². The summed E-state index contributed by atoms with van der Waals surface area (Å²) in [6, 6.07) is 6.59. The molecule has 0 aromatic heterocycles. The Morgan fingerprint density at radius 1 is 1.28 bits per heavy atom. The Bertz CT molecular complexity index is 438. The van der Waals surface area contributed by atoms with E-state index in [1.807, 2.05) is 0 Å². The van der Waals surface area contributed by atoms with Crippen LogP contribution in [0.25, 0.3) is 0 Å². The van der Waals surface area contributed by atoms with Gasteiger partial charge in [-0.1, -0.05) is 12.2 Å². The summed E-state index contributed by atoms with van der Waals surface area (Å²) in [6.07, 6.45) is -2.56. The van der Waals surface area contributed by atoms with E-state index in [-0.39, 0.29) is 11.0 Å². The molecule has 0 radical (unpaired) electrons. The molecule has 18 heavy (non-hydrogen) atoms. The minimum atomic E-state index is -4.19. The summed E-state index contributed by atoms with van der Waals surface area (Å²) in [5.41, 5.74) is 6.68. The fourth-order valence-corrected chi connectivity index (χ4v) is 1.96. The Morgan fingerprint density at radius 2 is 1.83 bits per heavy atom. The van der Waals surface area contributed by atoms with E-state index >= 15 is 0 Å². The van der Waals surface area contributed by atoms with Crippen molar-refractivity contribution < 1.29 is 13.2 Å². The minimum absolute atomic E-state index is 0.00213. The number of hydrogen-bond acceptors (Lipinski definition) is 2. The molecule has 1 aliphatic rings. The van der Waals surface area contributed by atoms with Crippen LogP contribution in [0.1, 0.15) is 18.4 Å². The molecule has 0 bridgehead atoms. The maximum Gasteiger partial charge on any atom is 0.405 e. The van der Waals surface area contributed by atoms with Crippen molar-refractivity contribution in [2.24, 2.45) is 5.73 Å². The third-order valence-electron chi connectivity index (χ3n) is 2.82. The largest absolute Gasteiger partial charge is 0.405 e. The lowest BCUT2D eigenvalue weighted by Crippen LogP contribution is -2.35. The van der Waals surface area contributed by atoms with Crippen molar-refractivity contribution in [2.75, 3.05) is 11.4 Å². The van der Waals surface area contributed by atoms with Crippen molar-refractivity contribution in [1.82, 2.24) is 0 Å². The fraction of sp³-hybridized carbons (Fsp3) is 0.417. The average Bonchev–Trinajstić information content (AvgIpc) is 3.08. The second-order valence-electron chi connectivity index (χ2n) is 4.39. The first kappa shape index (κ1) is 13.1. The first-order chi connectivity index (χ1) is 8.37. The third-order valence-corrected chi connectivity index (χ3v) is 3.06. The molecule has 98 valence electrons. The van der Waals surface area contributed by atoms with Gasteiger partial charge in [-0.3, -0.25) is 0 Å². The number of nitrogens with two attached hydrogens (primary N) is 1. The van der Waals surface area contributed by atoms with Crippen molar-refractivity contribution in [1.29, 1.82) is 0 Å². The molecular formula is C12H13F3N2S. The zero-order chi connectivity index (χ0) is 13.3. The smallest absolute Gasteiger partial charge is 0.389 e. The Kier molecular flexibility index (Phi) is 3.47. The van der Waals surface area contributed by atoms with Crippen LogP contribution >= 0.6 is 12.2 Å². The molecule has 0 aliphatic heterocycles. The van der Waals surface area contributed by atoms with Gasteiger partial charge in [0, 0.05) is 17.3 Å². The molecule has 1 aromatic carbocycles. The Hall–Kier alpha value is -1.30. The fourth-order valence-electron chi connectivity index (χ4n) is 1.83. The van der Waals surface area contributed by atoms with Gasteiger partial charge in [0.2, 0.25) is 0 Å². The van der Waals surface area contributed by atoms with E-state index in [4.69, 9.17) is 18.0 Å². The summed E-state index contributed by atoms with van der Waals surface area (Å²) < 4.78 is 37.5. The van der Waals surface area contributed by atoms with Gasteiger partial charge in [-0.05, 0) is 37.1 Å². The third kappa shape index (κ3) is 3.35. The van der Waals surface area contributed by atoms with Crippen molar-refractivity contribution in [3.05, 3.63) is 29.8 Å². The number of thiocarbonyl (C=S) groups is 1. The summed E-state index contributed by atoms with van der Waals surface area (Å²) in [6.45, 7) is -0.913. The predicted octanol–water partition coefficient (Wildman–Crippen LogP) is 2.85. The molecule has 1 fully saturated rings. The summed E-state index contributed by atoms with van der Waals surface area (Å²) >= 11 is 4.81. The van der Waals surface area contributed by atoms with Gasteiger partial charge in [-0.2, -0.15) is 13.2 Å². The van der Waals surface area contributed by atoms with Gasteiger partial charge in [-0.15, -0.1) is 0 Å². The van der Waals surface area contributed by atoms with Crippen LogP contribution in [-0.4, -0.2) is 23.8 Å². The normalized spacial score (nSPS) is 15.5. The first-order valence-corrected chi connectivity index (χ1v) is 6.01. The molecule has 0 saturated heterocycles. The average molecular weight is 274 g/mol. The lowest BCUT2D eigenvalue weighted by molar-refractivity contribution is -0.120. The molecule has 0 amide bonds. The Balaban J connectivity index is 2.18. The number of halogens is 3. The number of hydrogen-bond donors (Lipinski definition) is 1. The van der Waals surface area contributed by atoms with Crippen molar-refractivity contribution >= 4 is 22.9 Å². The Morgan fingerprint density at radius 3 is 2.22 bits per heavy atom. The monoisotopic (exact) mass is 274 g/mol. The molecule has 1 aliphatic carbocycles. The molecule has 2 N–H and O–H groups in total. The van der Waals surface area contributed by atoms with Crippen molar-refractivity contribution in [3.8, 4) is 0 Å². The number of nitrogens with zero attached hydrogens (tertiary/aromatic N) is 1. The standard InChI is InChI=1S/C12H13F3N2S/c13-12(14,15)7-17(10-5-6-10)9-3-1-8(2-4-9)11(16)18/h1-4,10H,5-7H2,(H2,16,18). The van der Waals surface area contributed by atoms with Crippen molar-refractivity contribution in [2.45, 2.75) is 25.1 Å². The molecular weight excluding hydrogens is 261 g/mol. The van der Waals surface area contributed by atoms with Crippen LogP contribution in [0.15, 0.2) is 24.3 Å². The highest BCUT2D eigenvalue weighted by atomic mass is 32.1.